The molecular weight excluding hydrogens is 675 g/mol. The molecule has 12 atom stereocenters. The molecule has 2 aromatic rings. The lowest BCUT2D eigenvalue weighted by Crippen LogP contribution is -2.66. The number of pyridine rings is 1. The maximum atomic E-state index is 13.5. The van der Waals surface area contributed by atoms with E-state index in [2.05, 4.69) is 101 Å². The summed E-state index contributed by atoms with van der Waals surface area (Å²) in [6, 6.07) is 3.76. The van der Waals surface area contributed by atoms with Crippen LogP contribution in [0.5, 0.6) is 0 Å². The predicted octanol–water partition coefficient (Wildman–Crippen LogP) is 9.25. The van der Waals surface area contributed by atoms with Gasteiger partial charge in [-0.15, -0.1) is 0 Å². The number of aromatic nitrogens is 4. The van der Waals surface area contributed by atoms with Crippen molar-refractivity contribution in [3.8, 4) is 11.4 Å². The third-order valence-electron chi connectivity index (χ3n) is 17.0. The second kappa shape index (κ2) is 13.8. The summed E-state index contributed by atoms with van der Waals surface area (Å²) >= 11 is 0. The van der Waals surface area contributed by atoms with Crippen molar-refractivity contribution in [3.63, 3.8) is 0 Å². The smallest absolute Gasteiger partial charge is 0.307 e. The van der Waals surface area contributed by atoms with Gasteiger partial charge in [-0.2, -0.15) is 5.10 Å². The first-order chi connectivity index (χ1) is 25.0. The first kappa shape index (κ1) is 41.0. The number of ether oxygens (including phenoxy) is 2. The van der Waals surface area contributed by atoms with E-state index in [4.69, 9.17) is 25.3 Å². The Morgan fingerprint density at radius 2 is 1.67 bits per heavy atom. The van der Waals surface area contributed by atoms with Crippen LogP contribution >= 0.6 is 0 Å². The van der Waals surface area contributed by atoms with Gasteiger partial charge in [0.2, 0.25) is 0 Å². The van der Waals surface area contributed by atoms with Crippen molar-refractivity contribution in [2.75, 3.05) is 19.8 Å². The maximum absolute atomic E-state index is 13.5. The Morgan fingerprint density at radius 3 is 2.28 bits per heavy atom. The van der Waals surface area contributed by atoms with Gasteiger partial charge in [0.1, 0.15) is 6.33 Å². The molecule has 6 rings (SSSR count). The SMILES string of the molecule is CC(C)[C@@H](C)[C@@]1(C)CC[C@]2(C)[C@H]3CC[C@H]4[C@@](C)([C@@H](OC[C@](C)(N)C(C)(C)C)[C@@H](C)n5ncnc5-c5ccncc5)COC[C@@]4(C)C3=CC[C@@]2(C)[C@@H]1C(=O)O. The van der Waals surface area contributed by atoms with Crippen LogP contribution < -0.4 is 5.73 Å². The van der Waals surface area contributed by atoms with Crippen LogP contribution in [0.3, 0.4) is 0 Å². The summed E-state index contributed by atoms with van der Waals surface area (Å²) in [5.74, 6) is 1.02. The number of carboxylic acids is 1. The number of carboxylic acid groups (broad SMARTS) is 1. The van der Waals surface area contributed by atoms with E-state index in [-0.39, 0.29) is 45.1 Å². The Labute approximate surface area is 325 Å². The lowest BCUT2D eigenvalue weighted by molar-refractivity contribution is -0.219. The van der Waals surface area contributed by atoms with Gasteiger partial charge in [0.25, 0.3) is 0 Å². The van der Waals surface area contributed by atoms with Gasteiger partial charge in [-0.1, -0.05) is 87.8 Å². The van der Waals surface area contributed by atoms with Gasteiger partial charge >= 0.3 is 5.97 Å². The molecule has 1 saturated heterocycles. The molecule has 0 radical (unpaired) electrons. The van der Waals surface area contributed by atoms with E-state index < -0.39 is 22.8 Å². The van der Waals surface area contributed by atoms with Crippen molar-refractivity contribution in [2.45, 2.75) is 140 Å². The lowest BCUT2D eigenvalue weighted by Gasteiger charge is -2.69. The molecule has 4 aliphatic rings. The summed E-state index contributed by atoms with van der Waals surface area (Å²) in [5, 5.41) is 15.9. The molecule has 9 nitrogen and oxygen atoms in total. The molecule has 0 amide bonds. The number of carbonyl (C=O) groups is 1. The quantitative estimate of drug-likeness (QED) is 0.231. The Bertz CT molecular complexity index is 1720. The van der Waals surface area contributed by atoms with Crippen molar-refractivity contribution < 1.29 is 19.4 Å². The Balaban J connectivity index is 1.41. The molecule has 1 aliphatic heterocycles. The van der Waals surface area contributed by atoms with Crippen LogP contribution in [0.4, 0.5) is 0 Å². The molecule has 0 unspecified atom stereocenters. The highest BCUT2D eigenvalue weighted by Gasteiger charge is 2.69. The van der Waals surface area contributed by atoms with Crippen molar-refractivity contribution in [3.05, 3.63) is 42.5 Å². The van der Waals surface area contributed by atoms with Gasteiger partial charge < -0.3 is 20.3 Å². The van der Waals surface area contributed by atoms with Gasteiger partial charge in [0.15, 0.2) is 5.82 Å². The number of allylic oxidation sites excluding steroid dienone is 1. The second-order valence-electron chi connectivity index (χ2n) is 21.0. The molecule has 9 heteroatoms. The number of rotatable bonds is 10. The Morgan fingerprint density at radius 1 is 1.00 bits per heavy atom. The molecule has 2 aromatic heterocycles. The molecular formula is C45H71N5O4. The van der Waals surface area contributed by atoms with Gasteiger partial charge in [-0.05, 0) is 103 Å². The van der Waals surface area contributed by atoms with E-state index in [0.29, 0.717) is 37.6 Å². The summed E-state index contributed by atoms with van der Waals surface area (Å²) in [6.07, 6.45) is 12.2. The van der Waals surface area contributed by atoms with Gasteiger partial charge in [0.05, 0.1) is 37.9 Å². The van der Waals surface area contributed by atoms with Crippen LogP contribution in [0, 0.1) is 62.1 Å². The highest BCUT2D eigenvalue weighted by Crippen LogP contribution is 2.73. The van der Waals surface area contributed by atoms with Gasteiger partial charge in [-0.3, -0.25) is 9.78 Å². The molecule has 0 aromatic carbocycles. The Hall–Kier alpha value is -2.62. The number of nitrogens with two attached hydrogens (primary N) is 1. The Kier molecular flexibility index (Phi) is 10.5. The molecule has 3 aliphatic carbocycles. The second-order valence-corrected chi connectivity index (χ2v) is 21.0. The fraction of sp³-hybridized carbons (Fsp3) is 0.778. The van der Waals surface area contributed by atoms with Gasteiger partial charge in [-0.25, -0.2) is 9.67 Å². The molecule has 54 heavy (non-hydrogen) atoms. The average Bonchev–Trinajstić information content (AvgIpc) is 3.58. The van der Waals surface area contributed by atoms with Crippen LogP contribution in [0.25, 0.3) is 11.4 Å². The summed E-state index contributed by atoms with van der Waals surface area (Å²) in [7, 11) is 0. The van der Waals surface area contributed by atoms with Crippen molar-refractivity contribution in [1.29, 1.82) is 0 Å². The largest absolute Gasteiger partial charge is 0.481 e. The zero-order chi connectivity index (χ0) is 39.9. The first-order valence-electron chi connectivity index (χ1n) is 20.7. The highest BCUT2D eigenvalue weighted by atomic mass is 16.5. The van der Waals surface area contributed by atoms with E-state index >= 15 is 0 Å². The number of aliphatic carboxylic acids is 1. The predicted molar refractivity (Wildman–Crippen MR) is 214 cm³/mol. The summed E-state index contributed by atoms with van der Waals surface area (Å²) in [6.45, 7) is 31.1. The van der Waals surface area contributed by atoms with Crippen molar-refractivity contribution in [2.24, 2.45) is 67.8 Å². The van der Waals surface area contributed by atoms with Crippen LogP contribution in [0.15, 0.2) is 42.5 Å². The van der Waals surface area contributed by atoms with E-state index in [1.807, 2.05) is 16.8 Å². The van der Waals surface area contributed by atoms with Gasteiger partial charge in [0, 0.05) is 34.3 Å². The zero-order valence-electron chi connectivity index (χ0n) is 35.7. The van der Waals surface area contributed by atoms with E-state index in [1.54, 1.807) is 18.7 Å². The van der Waals surface area contributed by atoms with Crippen molar-refractivity contribution in [1.82, 2.24) is 19.7 Å². The third kappa shape index (κ3) is 6.12. The van der Waals surface area contributed by atoms with Crippen LogP contribution in [0.1, 0.15) is 128 Å². The first-order valence-corrected chi connectivity index (χ1v) is 20.7. The van der Waals surface area contributed by atoms with E-state index in [9.17, 15) is 9.90 Å². The maximum Gasteiger partial charge on any atom is 0.307 e. The summed E-state index contributed by atoms with van der Waals surface area (Å²) < 4.78 is 16.0. The summed E-state index contributed by atoms with van der Waals surface area (Å²) in [5.41, 5.74) is 7.30. The minimum Gasteiger partial charge on any atom is -0.481 e. The molecule has 0 bridgehead atoms. The fourth-order valence-electron chi connectivity index (χ4n) is 12.4. The highest BCUT2D eigenvalue weighted by molar-refractivity contribution is 5.73. The van der Waals surface area contributed by atoms with Crippen LogP contribution in [0.2, 0.25) is 0 Å². The molecule has 3 heterocycles. The molecule has 300 valence electrons. The van der Waals surface area contributed by atoms with E-state index in [0.717, 1.165) is 43.5 Å². The lowest BCUT2D eigenvalue weighted by atomic mass is 9.35. The minimum atomic E-state index is -0.626. The monoisotopic (exact) mass is 746 g/mol. The number of nitrogens with zero attached hydrogens (tertiary/aromatic N) is 4. The summed E-state index contributed by atoms with van der Waals surface area (Å²) in [4.78, 5) is 22.5. The average molecular weight is 746 g/mol. The topological polar surface area (TPSA) is 125 Å². The third-order valence-corrected chi connectivity index (χ3v) is 17.0. The standard InChI is InChI=1S/C45H71N5O4/c1-28(2)29(3)40(8)20-21-43(11)33-14-15-34-41(9,32(33)16-19-44(43,12)35(40)38(51)52)24-53-25-42(34,10)36(54-26-45(13,46)39(5,6)7)30(4)50-37(48-27-49-50)31-17-22-47-23-18-31/h16-18,22-23,27-30,33-36H,14-15,19-21,24-26,46H2,1-13H3,(H,51,52)/t29-,30-,33+,34-,35-,36+,40-,41+,42+,43-,44+,45+/m1/s1. The minimum absolute atomic E-state index is 0.143. The zero-order valence-corrected chi connectivity index (χ0v) is 35.7. The van der Waals surface area contributed by atoms with Crippen molar-refractivity contribution >= 4 is 5.97 Å². The number of hydrogen-bond donors (Lipinski definition) is 2. The molecule has 0 spiro atoms. The van der Waals surface area contributed by atoms with Crippen LogP contribution in [-0.2, 0) is 14.3 Å². The number of hydrogen-bond acceptors (Lipinski definition) is 7. The van der Waals surface area contributed by atoms with Crippen LogP contribution in [-0.4, -0.2) is 62.3 Å². The number of fused-ring (bicyclic) bond motifs is 5. The molecule has 3 fully saturated rings. The molecule has 2 saturated carbocycles. The van der Waals surface area contributed by atoms with E-state index in [1.165, 1.54) is 5.57 Å². The molecule has 3 N–H and O–H groups in total. The fourth-order valence-corrected chi connectivity index (χ4v) is 12.4. The normalized spacial score (nSPS) is 38.3.